The van der Waals surface area contributed by atoms with E-state index in [0.717, 1.165) is 30.0 Å². The first kappa shape index (κ1) is 24.8. The fourth-order valence-electron chi connectivity index (χ4n) is 4.25. The van der Waals surface area contributed by atoms with E-state index in [2.05, 4.69) is 0 Å². The highest BCUT2D eigenvalue weighted by atomic mass is 32.2. The Labute approximate surface area is 195 Å². The van der Waals surface area contributed by atoms with Gasteiger partial charge in [-0.25, -0.2) is 13.2 Å². The number of sulfone groups is 1. The topological polar surface area (TPSA) is 94.9 Å². The van der Waals surface area contributed by atoms with Crippen LogP contribution >= 0.6 is 0 Å². The molecule has 1 aliphatic heterocycles. The molecule has 0 saturated carbocycles. The summed E-state index contributed by atoms with van der Waals surface area (Å²) in [4.78, 5) is 27.2. The summed E-state index contributed by atoms with van der Waals surface area (Å²) >= 11 is 0. The number of esters is 1. The average Bonchev–Trinajstić information content (AvgIpc) is 3.30. The number of hydrogen-bond donors (Lipinski definition) is 0. The first-order valence-electron chi connectivity index (χ1n) is 11.2. The van der Waals surface area contributed by atoms with Gasteiger partial charge >= 0.3 is 5.97 Å². The lowest BCUT2D eigenvalue weighted by Gasteiger charge is -2.28. The maximum absolute atomic E-state index is 12.9. The van der Waals surface area contributed by atoms with Gasteiger partial charge in [0.2, 0.25) is 0 Å². The molecule has 0 aliphatic carbocycles. The van der Waals surface area contributed by atoms with Crippen molar-refractivity contribution < 1.29 is 27.5 Å². The maximum atomic E-state index is 12.9. The molecule has 0 bridgehead atoms. The summed E-state index contributed by atoms with van der Waals surface area (Å²) in [6.07, 6.45) is 2.06. The molecule has 180 valence electrons. The molecule has 1 saturated heterocycles. The molecule has 0 N–H and O–H groups in total. The number of amides is 1. The van der Waals surface area contributed by atoms with E-state index in [4.69, 9.17) is 9.47 Å². The highest BCUT2D eigenvalue weighted by Gasteiger charge is 2.34. The predicted molar refractivity (Wildman–Crippen MR) is 126 cm³/mol. The van der Waals surface area contributed by atoms with Gasteiger partial charge in [0.1, 0.15) is 5.75 Å². The standard InChI is InChI=1S/C24H32N2O6S/c1-5-6-12-25(20-11-13-33(29,30)16-20)23(27)15-32-24(28)22-14-17(2)26(18(22)3)19-7-9-21(31-4)10-8-19/h7-10,14,20H,5-6,11-13,15-16H2,1-4H3. The van der Waals surface area contributed by atoms with Gasteiger partial charge in [-0.1, -0.05) is 13.3 Å². The first-order chi connectivity index (χ1) is 15.7. The zero-order valence-corrected chi connectivity index (χ0v) is 20.5. The molecule has 1 fully saturated rings. The molecule has 1 amide bonds. The van der Waals surface area contributed by atoms with Crippen LogP contribution in [-0.4, -0.2) is 67.6 Å². The fourth-order valence-corrected chi connectivity index (χ4v) is 5.98. The molecule has 3 rings (SSSR count). The Morgan fingerprint density at radius 3 is 2.45 bits per heavy atom. The summed E-state index contributed by atoms with van der Waals surface area (Å²) in [5.74, 6) is -0.139. The van der Waals surface area contributed by atoms with Gasteiger partial charge in [0.05, 0.1) is 24.2 Å². The van der Waals surface area contributed by atoms with Gasteiger partial charge in [-0.15, -0.1) is 0 Å². The second kappa shape index (κ2) is 10.4. The molecule has 0 spiro atoms. The normalized spacial score (nSPS) is 17.0. The van der Waals surface area contributed by atoms with Crippen LogP contribution in [0.3, 0.4) is 0 Å². The molecule has 0 radical (unpaired) electrons. The predicted octanol–water partition coefficient (Wildman–Crippen LogP) is 3.08. The molecule has 1 unspecified atom stereocenters. The number of hydrogen-bond acceptors (Lipinski definition) is 6. The average molecular weight is 477 g/mol. The molecule has 2 aromatic rings. The van der Waals surface area contributed by atoms with E-state index in [1.807, 2.05) is 49.6 Å². The van der Waals surface area contributed by atoms with Gasteiger partial charge in [-0.3, -0.25) is 4.79 Å². The van der Waals surface area contributed by atoms with Crippen molar-refractivity contribution in [1.29, 1.82) is 0 Å². The Balaban J connectivity index is 1.71. The smallest absolute Gasteiger partial charge is 0.340 e. The van der Waals surface area contributed by atoms with E-state index < -0.39 is 22.4 Å². The van der Waals surface area contributed by atoms with E-state index in [-0.39, 0.29) is 23.5 Å². The van der Waals surface area contributed by atoms with Crippen LogP contribution in [0, 0.1) is 13.8 Å². The SMILES string of the molecule is CCCCN(C(=O)COC(=O)c1cc(C)n(-c2ccc(OC)cc2)c1C)C1CCS(=O)(=O)C1. The summed E-state index contributed by atoms with van der Waals surface area (Å²) in [5.41, 5.74) is 2.84. The number of rotatable bonds is 9. The maximum Gasteiger partial charge on any atom is 0.340 e. The van der Waals surface area contributed by atoms with Crippen molar-refractivity contribution in [3.63, 3.8) is 0 Å². The monoisotopic (exact) mass is 476 g/mol. The molecular formula is C24H32N2O6S. The lowest BCUT2D eigenvalue weighted by molar-refractivity contribution is -0.136. The molecule has 8 nitrogen and oxygen atoms in total. The molecule has 1 aromatic heterocycles. The number of carbonyl (C=O) groups excluding carboxylic acids is 2. The number of carbonyl (C=O) groups is 2. The lowest BCUT2D eigenvalue weighted by Crippen LogP contribution is -2.43. The van der Waals surface area contributed by atoms with Gasteiger partial charge < -0.3 is 18.9 Å². The second-order valence-electron chi connectivity index (χ2n) is 8.39. The molecule has 1 atom stereocenters. The van der Waals surface area contributed by atoms with Crippen LogP contribution in [0.25, 0.3) is 5.69 Å². The Bertz CT molecular complexity index is 1100. The van der Waals surface area contributed by atoms with Crippen LogP contribution in [0.15, 0.2) is 30.3 Å². The van der Waals surface area contributed by atoms with Crippen LogP contribution in [-0.2, 0) is 19.4 Å². The van der Waals surface area contributed by atoms with Crippen LogP contribution < -0.4 is 4.74 Å². The van der Waals surface area contributed by atoms with Gasteiger partial charge in [-0.2, -0.15) is 0 Å². The third-order valence-electron chi connectivity index (χ3n) is 6.03. The molecule has 9 heteroatoms. The zero-order chi connectivity index (χ0) is 24.2. The Morgan fingerprint density at radius 1 is 1.18 bits per heavy atom. The summed E-state index contributed by atoms with van der Waals surface area (Å²) in [7, 11) is -1.52. The highest BCUT2D eigenvalue weighted by molar-refractivity contribution is 7.91. The molecule has 1 aliphatic rings. The summed E-state index contributed by atoms with van der Waals surface area (Å²) in [6.45, 7) is 5.77. The van der Waals surface area contributed by atoms with Gasteiger partial charge in [-0.05, 0) is 57.0 Å². The Hall–Kier alpha value is -2.81. The Morgan fingerprint density at radius 2 is 1.88 bits per heavy atom. The van der Waals surface area contributed by atoms with E-state index >= 15 is 0 Å². The van der Waals surface area contributed by atoms with Gasteiger partial charge in [0.15, 0.2) is 16.4 Å². The number of aromatic nitrogens is 1. The van der Waals surface area contributed by atoms with Crippen molar-refractivity contribution in [2.45, 2.75) is 46.1 Å². The summed E-state index contributed by atoms with van der Waals surface area (Å²) in [5, 5.41) is 0. The van der Waals surface area contributed by atoms with Crippen molar-refractivity contribution in [3.8, 4) is 11.4 Å². The Kier molecular flexibility index (Phi) is 7.84. The molecular weight excluding hydrogens is 444 g/mol. The quantitative estimate of drug-likeness (QED) is 0.516. The van der Waals surface area contributed by atoms with Gasteiger partial charge in [0, 0.05) is 29.7 Å². The van der Waals surface area contributed by atoms with E-state index in [9.17, 15) is 18.0 Å². The number of aryl methyl sites for hydroxylation is 1. The number of methoxy groups -OCH3 is 1. The summed E-state index contributed by atoms with van der Waals surface area (Å²) < 4.78 is 36.3. The van der Waals surface area contributed by atoms with Crippen LogP contribution in [0.4, 0.5) is 0 Å². The number of unbranched alkanes of at least 4 members (excludes halogenated alkanes) is 1. The third kappa shape index (κ3) is 5.76. The van der Waals surface area contributed by atoms with Crippen molar-refractivity contribution in [2.24, 2.45) is 0 Å². The fraction of sp³-hybridized carbons (Fsp3) is 0.500. The van der Waals surface area contributed by atoms with E-state index in [1.165, 1.54) is 0 Å². The minimum atomic E-state index is -3.12. The van der Waals surface area contributed by atoms with Crippen LogP contribution in [0.1, 0.15) is 47.9 Å². The van der Waals surface area contributed by atoms with Crippen molar-refractivity contribution >= 4 is 21.7 Å². The minimum absolute atomic E-state index is 0.0284. The van der Waals surface area contributed by atoms with Crippen LogP contribution in [0.2, 0.25) is 0 Å². The number of benzene rings is 1. The van der Waals surface area contributed by atoms with Crippen LogP contribution in [0.5, 0.6) is 5.75 Å². The third-order valence-corrected chi connectivity index (χ3v) is 7.78. The lowest BCUT2D eigenvalue weighted by atomic mass is 10.2. The number of ether oxygens (including phenoxy) is 2. The second-order valence-corrected chi connectivity index (χ2v) is 10.6. The molecule has 1 aromatic carbocycles. The summed E-state index contributed by atoms with van der Waals surface area (Å²) in [6, 6.07) is 8.88. The van der Waals surface area contributed by atoms with Crippen molar-refractivity contribution in [1.82, 2.24) is 9.47 Å². The minimum Gasteiger partial charge on any atom is -0.497 e. The number of nitrogens with zero attached hydrogens (tertiary/aromatic N) is 2. The largest absolute Gasteiger partial charge is 0.497 e. The highest BCUT2D eigenvalue weighted by Crippen LogP contribution is 2.24. The zero-order valence-electron chi connectivity index (χ0n) is 19.7. The molecule has 33 heavy (non-hydrogen) atoms. The van der Waals surface area contributed by atoms with E-state index in [1.54, 1.807) is 18.1 Å². The van der Waals surface area contributed by atoms with Crippen molar-refractivity contribution in [3.05, 3.63) is 47.3 Å². The molecule has 2 heterocycles. The van der Waals surface area contributed by atoms with Gasteiger partial charge in [0.25, 0.3) is 5.91 Å². The first-order valence-corrected chi connectivity index (χ1v) is 13.0. The van der Waals surface area contributed by atoms with Crippen molar-refractivity contribution in [2.75, 3.05) is 31.8 Å². The van der Waals surface area contributed by atoms with E-state index in [0.29, 0.717) is 24.2 Å².